The average Bonchev–Trinajstić information content (AvgIpc) is 3.32. The topological polar surface area (TPSA) is 76.9 Å². The van der Waals surface area contributed by atoms with Crippen LogP contribution in [0.4, 0.5) is 5.13 Å². The molecule has 0 aliphatic rings. The van der Waals surface area contributed by atoms with Gasteiger partial charge in [-0.25, -0.2) is 9.97 Å². The molecule has 5 rings (SSSR count). The summed E-state index contributed by atoms with van der Waals surface area (Å²) in [6.07, 6.45) is 0. The summed E-state index contributed by atoms with van der Waals surface area (Å²) in [6.45, 7) is 4.19. The van der Waals surface area contributed by atoms with Crippen molar-refractivity contribution in [2.24, 2.45) is 0 Å². The largest absolute Gasteiger partial charge is 0.301 e. The Morgan fingerprint density at radius 3 is 2.65 bits per heavy atom. The van der Waals surface area contributed by atoms with E-state index in [4.69, 9.17) is 0 Å². The van der Waals surface area contributed by atoms with Gasteiger partial charge in [0.05, 0.1) is 21.8 Å². The molecule has 3 aromatic carbocycles. The lowest BCUT2D eigenvalue weighted by molar-refractivity contribution is -0.115. The predicted octanol–water partition coefficient (Wildman–Crippen LogP) is 5.81. The highest BCUT2D eigenvalue weighted by Crippen LogP contribution is 2.29. The molecule has 170 valence electrons. The second-order valence-electron chi connectivity index (χ2n) is 7.81. The summed E-state index contributed by atoms with van der Waals surface area (Å²) >= 11 is 2.66. The predicted molar refractivity (Wildman–Crippen MR) is 141 cm³/mol. The van der Waals surface area contributed by atoms with Crippen LogP contribution in [0, 0.1) is 0 Å². The van der Waals surface area contributed by atoms with E-state index >= 15 is 0 Å². The molecule has 2 heterocycles. The van der Waals surface area contributed by atoms with Gasteiger partial charge in [0, 0.05) is 17.5 Å². The van der Waals surface area contributed by atoms with Gasteiger partial charge < -0.3 is 5.32 Å². The van der Waals surface area contributed by atoms with E-state index in [2.05, 4.69) is 39.6 Å². The van der Waals surface area contributed by atoms with Crippen molar-refractivity contribution in [2.75, 3.05) is 5.32 Å². The van der Waals surface area contributed by atoms with Crippen molar-refractivity contribution in [1.82, 2.24) is 14.5 Å². The molecule has 8 heteroatoms. The molecule has 1 atom stereocenters. The van der Waals surface area contributed by atoms with Crippen LogP contribution in [0.2, 0.25) is 0 Å². The summed E-state index contributed by atoms with van der Waals surface area (Å²) in [7, 11) is 0. The molecular weight excluding hydrogens is 464 g/mol. The summed E-state index contributed by atoms with van der Waals surface area (Å²) in [5.74, 6) is -0.186. The number of hydrogen-bond acceptors (Lipinski definition) is 6. The molecule has 0 aliphatic heterocycles. The monoisotopic (exact) mass is 486 g/mol. The highest BCUT2D eigenvalue weighted by molar-refractivity contribution is 8.00. The van der Waals surface area contributed by atoms with E-state index in [0.717, 1.165) is 16.6 Å². The molecule has 1 unspecified atom stereocenters. The Kier molecular flexibility index (Phi) is 6.17. The number of thiazole rings is 1. The van der Waals surface area contributed by atoms with Crippen molar-refractivity contribution in [1.29, 1.82) is 0 Å². The number of rotatable bonds is 6. The molecule has 2 aromatic heterocycles. The Labute approximate surface area is 204 Å². The molecule has 0 bridgehead atoms. The van der Waals surface area contributed by atoms with E-state index in [1.165, 1.54) is 28.5 Å². The van der Waals surface area contributed by atoms with Crippen LogP contribution in [0.1, 0.15) is 13.8 Å². The molecule has 1 amide bonds. The maximum absolute atomic E-state index is 12.9. The van der Waals surface area contributed by atoms with Crippen LogP contribution in [0.25, 0.3) is 32.9 Å². The number of fused-ring (bicyclic) bond motifs is 2. The van der Waals surface area contributed by atoms with E-state index in [9.17, 15) is 9.59 Å². The van der Waals surface area contributed by atoms with Crippen LogP contribution in [0.15, 0.2) is 82.1 Å². The smallest absolute Gasteiger partial charge is 0.262 e. The molecule has 0 saturated heterocycles. The van der Waals surface area contributed by atoms with Gasteiger partial charge in [-0.1, -0.05) is 60.3 Å². The van der Waals surface area contributed by atoms with E-state index < -0.39 is 5.25 Å². The third-order valence-corrected chi connectivity index (χ3v) is 7.42. The molecule has 5 aromatic rings. The van der Waals surface area contributed by atoms with Gasteiger partial charge >= 0.3 is 0 Å². The summed E-state index contributed by atoms with van der Waals surface area (Å²) in [6, 6.07) is 21.7. The van der Waals surface area contributed by atoms with Crippen molar-refractivity contribution in [3.63, 3.8) is 0 Å². The quantitative estimate of drug-likeness (QED) is 0.242. The second kappa shape index (κ2) is 9.40. The molecular formula is C26H22N4O2S2. The van der Waals surface area contributed by atoms with Gasteiger partial charge in [0.2, 0.25) is 5.91 Å². The van der Waals surface area contributed by atoms with E-state index in [1.807, 2.05) is 48.7 Å². The van der Waals surface area contributed by atoms with Crippen molar-refractivity contribution in [3.05, 3.63) is 82.5 Å². The maximum atomic E-state index is 12.9. The minimum absolute atomic E-state index is 0.0943. The van der Waals surface area contributed by atoms with Crippen LogP contribution in [0.3, 0.4) is 0 Å². The summed E-state index contributed by atoms with van der Waals surface area (Å²) in [4.78, 5) is 35.0. The third kappa shape index (κ3) is 4.34. The van der Waals surface area contributed by atoms with Gasteiger partial charge in [0.15, 0.2) is 10.3 Å². The zero-order valence-corrected chi connectivity index (χ0v) is 20.3. The standard InChI is InChI=1S/C26H22N4O2S2/c1-3-30-24(32)20-10-6-7-11-21(20)28-26(30)34-16(2)23(31)29-25-27-22(15-33-25)19-13-12-17-8-4-5-9-18(17)14-19/h4-16H,3H2,1-2H3,(H,27,29,31). The highest BCUT2D eigenvalue weighted by atomic mass is 32.2. The van der Waals surface area contributed by atoms with Gasteiger partial charge in [-0.15, -0.1) is 11.3 Å². The minimum atomic E-state index is -0.459. The number of carbonyl (C=O) groups excluding carboxylic acids is 1. The van der Waals surface area contributed by atoms with Crippen LogP contribution < -0.4 is 10.9 Å². The summed E-state index contributed by atoms with van der Waals surface area (Å²) in [5.41, 5.74) is 2.36. The Morgan fingerprint density at radius 1 is 1.06 bits per heavy atom. The lowest BCUT2D eigenvalue weighted by Crippen LogP contribution is -2.26. The first kappa shape index (κ1) is 22.3. The van der Waals surface area contributed by atoms with Crippen LogP contribution >= 0.6 is 23.1 Å². The summed E-state index contributed by atoms with van der Waals surface area (Å²) in [5, 5.41) is 8.37. The number of para-hydroxylation sites is 1. The molecule has 0 fully saturated rings. The average molecular weight is 487 g/mol. The second-order valence-corrected chi connectivity index (χ2v) is 9.98. The van der Waals surface area contributed by atoms with Gasteiger partial charge in [-0.3, -0.25) is 14.2 Å². The Balaban J connectivity index is 1.33. The number of nitrogens with zero attached hydrogens (tertiary/aromatic N) is 3. The Hall–Kier alpha value is -3.49. The zero-order chi connectivity index (χ0) is 23.7. The summed E-state index contributed by atoms with van der Waals surface area (Å²) < 4.78 is 1.61. The van der Waals surface area contributed by atoms with Crippen molar-refractivity contribution < 1.29 is 4.79 Å². The molecule has 6 nitrogen and oxygen atoms in total. The Morgan fingerprint density at radius 2 is 1.82 bits per heavy atom. The molecule has 0 radical (unpaired) electrons. The first-order valence-corrected chi connectivity index (χ1v) is 12.7. The van der Waals surface area contributed by atoms with Gasteiger partial charge in [0.1, 0.15) is 0 Å². The van der Waals surface area contributed by atoms with Crippen LogP contribution in [-0.4, -0.2) is 25.7 Å². The fourth-order valence-corrected chi connectivity index (χ4v) is 5.44. The molecule has 0 saturated carbocycles. The molecule has 1 N–H and O–H groups in total. The van der Waals surface area contributed by atoms with Gasteiger partial charge in [0.25, 0.3) is 5.56 Å². The fraction of sp³-hybridized carbons (Fsp3) is 0.154. The van der Waals surface area contributed by atoms with Crippen molar-refractivity contribution in [2.45, 2.75) is 30.8 Å². The van der Waals surface area contributed by atoms with Gasteiger partial charge in [-0.05, 0) is 42.8 Å². The van der Waals surface area contributed by atoms with Crippen LogP contribution in [0.5, 0.6) is 0 Å². The molecule has 34 heavy (non-hydrogen) atoms. The highest BCUT2D eigenvalue weighted by Gasteiger charge is 2.20. The van der Waals surface area contributed by atoms with Crippen LogP contribution in [-0.2, 0) is 11.3 Å². The fourth-order valence-electron chi connectivity index (χ4n) is 3.75. The Bertz CT molecular complexity index is 1570. The first-order chi connectivity index (χ1) is 16.5. The van der Waals surface area contributed by atoms with Crippen molar-refractivity contribution in [3.8, 4) is 11.3 Å². The number of thioether (sulfide) groups is 1. The molecule has 0 spiro atoms. The first-order valence-electron chi connectivity index (χ1n) is 11.0. The number of hydrogen-bond donors (Lipinski definition) is 1. The van der Waals surface area contributed by atoms with E-state index in [-0.39, 0.29) is 11.5 Å². The number of nitrogens with one attached hydrogen (secondary N) is 1. The lowest BCUT2D eigenvalue weighted by atomic mass is 10.1. The number of anilines is 1. The molecule has 0 aliphatic carbocycles. The number of amides is 1. The lowest BCUT2D eigenvalue weighted by Gasteiger charge is -2.14. The van der Waals surface area contributed by atoms with E-state index in [1.54, 1.807) is 17.6 Å². The van der Waals surface area contributed by atoms with Gasteiger partial charge in [-0.2, -0.15) is 0 Å². The van der Waals surface area contributed by atoms with E-state index in [0.29, 0.717) is 27.7 Å². The number of carbonyl (C=O) groups is 1. The maximum Gasteiger partial charge on any atom is 0.262 e. The third-order valence-electron chi connectivity index (χ3n) is 5.57. The number of benzene rings is 3. The van der Waals surface area contributed by atoms with Crippen molar-refractivity contribution >= 4 is 55.8 Å². The SMILES string of the molecule is CCn1c(SC(C)C(=O)Nc2nc(-c3ccc4ccccc4c3)cs2)nc2ccccc2c1=O. The normalized spacial score (nSPS) is 12.2. The zero-order valence-electron chi connectivity index (χ0n) is 18.7. The number of aromatic nitrogens is 3. The minimum Gasteiger partial charge on any atom is -0.301 e.